The molecule has 7 rings (SSSR count). The first-order valence-corrected chi connectivity index (χ1v) is 24.3. The maximum atomic E-state index is 13.4. The first kappa shape index (κ1) is 46.6. The zero-order valence-corrected chi connectivity index (χ0v) is 38.8. The molecule has 8 atom stereocenters. The fourth-order valence-corrected chi connectivity index (χ4v) is 12.6. The maximum Gasteiger partial charge on any atom is 0.306 e. The van der Waals surface area contributed by atoms with Crippen molar-refractivity contribution in [3.8, 4) is 11.8 Å². The Morgan fingerprint density at radius 2 is 1.49 bits per heavy atom. The molecular formula is C54H73N3O6. The van der Waals surface area contributed by atoms with Gasteiger partial charge in [0.25, 0.3) is 0 Å². The monoisotopic (exact) mass is 860 g/mol. The molecule has 0 aromatic heterocycles. The molecule has 2 N–H and O–H groups in total. The highest BCUT2D eigenvalue weighted by Crippen LogP contribution is 2.67. The highest BCUT2D eigenvalue weighted by Gasteiger charge is 2.59. The van der Waals surface area contributed by atoms with Crippen LogP contribution in [0, 0.1) is 58.2 Å². The van der Waals surface area contributed by atoms with Crippen molar-refractivity contribution in [2.45, 2.75) is 144 Å². The number of carbonyl (C=O) groups excluding carboxylic acids is 4. The number of ether oxygens (including phenoxy) is 2. The number of fused-ring (bicyclic) bond motifs is 7. The summed E-state index contributed by atoms with van der Waals surface area (Å²) >= 11 is 0. The Labute approximate surface area is 377 Å². The predicted octanol–water partition coefficient (Wildman–Crippen LogP) is 9.70. The zero-order valence-electron chi connectivity index (χ0n) is 38.8. The number of nitrogens with one attached hydrogen (secondary N) is 2. The van der Waals surface area contributed by atoms with E-state index in [1.807, 2.05) is 48.5 Å². The van der Waals surface area contributed by atoms with E-state index in [0.717, 1.165) is 77.1 Å². The Balaban J connectivity index is 0.753. The normalized spacial score (nSPS) is 27.4. The van der Waals surface area contributed by atoms with Crippen molar-refractivity contribution < 1.29 is 28.7 Å². The van der Waals surface area contributed by atoms with Gasteiger partial charge in [-0.05, 0) is 115 Å². The SMILES string of the molecule is CC(C)CCC[C@@H](C)[C@H]1CC[C@H]2[C@@H]3CC=C4C[C@@H](OC(=O)CCC(=O)NCCOCCNC(=O)CCC(=O)N5Cc6ccccc6C#Cc6ccccc65)CC[C@]4(C)[C@H]3CC[C@]12C. The molecule has 5 aliphatic rings. The van der Waals surface area contributed by atoms with Crippen molar-refractivity contribution >= 4 is 29.4 Å². The standard InChI is InChI=1S/C54H73N3O6/c1-37(2)11-10-12-38(3)45-21-22-46-44-20-19-42-35-43(27-29-53(42,4)47(44)28-30-54(45,46)5)63-52(61)26-24-50(59)56-32-34-62-33-31-55-49(58)23-25-51(60)57-36-41-15-7-6-13-39(41)17-18-40-14-8-9-16-48(40)57/h6-9,13-16,19,37-38,43-47H,10-12,20-36H2,1-5H3,(H,55,58)(H,56,59)/t38-,43+,44+,45-,46+,47+,53+,54-/m1/s1. The first-order chi connectivity index (χ1) is 30.4. The van der Waals surface area contributed by atoms with Crippen LogP contribution in [0.25, 0.3) is 0 Å². The average molecular weight is 860 g/mol. The summed E-state index contributed by atoms with van der Waals surface area (Å²) in [5, 5.41) is 5.63. The van der Waals surface area contributed by atoms with Crippen LogP contribution >= 0.6 is 0 Å². The minimum absolute atomic E-state index is 0.0565. The van der Waals surface area contributed by atoms with Gasteiger partial charge in [0.1, 0.15) is 6.10 Å². The number of amides is 3. The zero-order chi connectivity index (χ0) is 44.6. The van der Waals surface area contributed by atoms with E-state index < -0.39 is 0 Å². The van der Waals surface area contributed by atoms with Crippen LogP contribution < -0.4 is 15.5 Å². The van der Waals surface area contributed by atoms with Crippen LogP contribution in [0.5, 0.6) is 0 Å². The van der Waals surface area contributed by atoms with Gasteiger partial charge in [-0.15, -0.1) is 0 Å². The van der Waals surface area contributed by atoms with Gasteiger partial charge in [0.05, 0.1) is 31.9 Å². The molecule has 3 fully saturated rings. The molecular weight excluding hydrogens is 787 g/mol. The lowest BCUT2D eigenvalue weighted by Crippen LogP contribution is -2.51. The minimum atomic E-state index is -0.305. The van der Waals surface area contributed by atoms with Crippen LogP contribution in [0.2, 0.25) is 0 Å². The molecule has 3 amide bonds. The molecule has 9 nitrogen and oxygen atoms in total. The molecule has 0 unspecified atom stereocenters. The third kappa shape index (κ3) is 11.1. The van der Waals surface area contributed by atoms with Gasteiger partial charge in [0, 0.05) is 49.9 Å². The predicted molar refractivity (Wildman–Crippen MR) is 248 cm³/mol. The van der Waals surface area contributed by atoms with E-state index in [9.17, 15) is 19.2 Å². The van der Waals surface area contributed by atoms with Gasteiger partial charge in [0.2, 0.25) is 17.7 Å². The lowest BCUT2D eigenvalue weighted by Gasteiger charge is -2.58. The van der Waals surface area contributed by atoms with Crippen LogP contribution in [-0.4, -0.2) is 56.1 Å². The Hall–Kier alpha value is -4.42. The molecule has 63 heavy (non-hydrogen) atoms. The van der Waals surface area contributed by atoms with Crippen molar-refractivity contribution in [3.05, 3.63) is 76.9 Å². The van der Waals surface area contributed by atoms with Crippen molar-refractivity contribution in [1.29, 1.82) is 0 Å². The summed E-state index contributed by atoms with van der Waals surface area (Å²) in [6, 6.07) is 15.4. The Morgan fingerprint density at radius 1 is 0.794 bits per heavy atom. The van der Waals surface area contributed by atoms with Gasteiger partial charge < -0.3 is 25.0 Å². The van der Waals surface area contributed by atoms with Crippen molar-refractivity contribution in [2.24, 2.45) is 46.3 Å². The van der Waals surface area contributed by atoms with Crippen molar-refractivity contribution in [2.75, 3.05) is 31.2 Å². The van der Waals surface area contributed by atoms with Crippen LogP contribution in [0.3, 0.4) is 0 Å². The first-order valence-electron chi connectivity index (χ1n) is 24.3. The van der Waals surface area contributed by atoms with Gasteiger partial charge in [-0.3, -0.25) is 19.2 Å². The lowest BCUT2D eigenvalue weighted by molar-refractivity contribution is -0.152. The molecule has 1 heterocycles. The van der Waals surface area contributed by atoms with Gasteiger partial charge in [0.15, 0.2) is 0 Å². The second-order valence-electron chi connectivity index (χ2n) is 20.4. The number of allylic oxidation sites excluding steroid dienone is 1. The fraction of sp³-hybridized carbons (Fsp3) is 0.630. The summed E-state index contributed by atoms with van der Waals surface area (Å²) in [5.74, 6) is 10.3. The van der Waals surface area contributed by atoms with Crippen LogP contribution in [-0.2, 0) is 35.2 Å². The van der Waals surface area contributed by atoms with E-state index in [-0.39, 0.29) is 74.1 Å². The molecule has 1 aliphatic heterocycles. The third-order valence-electron chi connectivity index (χ3n) is 16.0. The summed E-state index contributed by atoms with van der Waals surface area (Å²) in [5.41, 5.74) is 5.56. The van der Waals surface area contributed by atoms with E-state index in [1.165, 1.54) is 56.9 Å². The van der Waals surface area contributed by atoms with Gasteiger partial charge in [-0.1, -0.05) is 108 Å². The third-order valence-corrected chi connectivity index (χ3v) is 16.0. The summed E-state index contributed by atoms with van der Waals surface area (Å²) in [6.45, 7) is 13.9. The number of anilines is 1. The highest BCUT2D eigenvalue weighted by molar-refractivity contribution is 5.97. The highest BCUT2D eigenvalue weighted by atomic mass is 16.5. The number of hydrogen-bond acceptors (Lipinski definition) is 6. The van der Waals surface area contributed by atoms with Crippen LogP contribution in [0.15, 0.2) is 60.2 Å². The smallest absolute Gasteiger partial charge is 0.306 e. The van der Waals surface area contributed by atoms with Gasteiger partial charge in [-0.25, -0.2) is 0 Å². The van der Waals surface area contributed by atoms with Gasteiger partial charge >= 0.3 is 5.97 Å². The minimum Gasteiger partial charge on any atom is -0.462 e. The lowest BCUT2D eigenvalue weighted by atomic mass is 9.47. The maximum absolute atomic E-state index is 13.4. The molecule has 3 saturated carbocycles. The molecule has 2 aromatic rings. The molecule has 0 spiro atoms. The quantitative estimate of drug-likeness (QED) is 0.0668. The Morgan fingerprint density at radius 3 is 2.25 bits per heavy atom. The molecule has 0 saturated heterocycles. The summed E-state index contributed by atoms with van der Waals surface area (Å²) in [6.07, 6.45) is 16.2. The number of benzene rings is 2. The molecule has 4 aliphatic carbocycles. The molecule has 0 radical (unpaired) electrons. The number of para-hydroxylation sites is 1. The van der Waals surface area contributed by atoms with E-state index in [2.05, 4.69) is 63.2 Å². The number of esters is 1. The van der Waals surface area contributed by atoms with Gasteiger partial charge in [-0.2, -0.15) is 0 Å². The second kappa shape index (κ2) is 21.0. The Bertz CT molecular complexity index is 2050. The topological polar surface area (TPSA) is 114 Å². The fourth-order valence-electron chi connectivity index (χ4n) is 12.6. The molecule has 0 bridgehead atoms. The van der Waals surface area contributed by atoms with Crippen molar-refractivity contribution in [1.82, 2.24) is 10.6 Å². The molecule has 9 heteroatoms. The summed E-state index contributed by atoms with van der Waals surface area (Å²) in [4.78, 5) is 53.2. The van der Waals surface area contributed by atoms with E-state index in [4.69, 9.17) is 9.47 Å². The largest absolute Gasteiger partial charge is 0.462 e. The number of hydrogen-bond donors (Lipinski definition) is 2. The number of rotatable bonds is 18. The number of nitrogens with zero attached hydrogens (tertiary/aromatic N) is 1. The summed E-state index contributed by atoms with van der Waals surface area (Å²) in [7, 11) is 0. The van der Waals surface area contributed by atoms with Crippen LogP contribution in [0.1, 0.15) is 148 Å². The van der Waals surface area contributed by atoms with E-state index >= 15 is 0 Å². The summed E-state index contributed by atoms with van der Waals surface area (Å²) < 4.78 is 11.6. The van der Waals surface area contributed by atoms with Crippen LogP contribution in [0.4, 0.5) is 5.69 Å². The second-order valence-corrected chi connectivity index (χ2v) is 20.4. The number of carbonyl (C=O) groups is 4. The molecule has 340 valence electrons. The van der Waals surface area contributed by atoms with Crippen molar-refractivity contribution in [3.63, 3.8) is 0 Å². The molecule has 2 aromatic carbocycles. The Kier molecular flexibility index (Phi) is 15.6. The van der Waals surface area contributed by atoms with E-state index in [0.29, 0.717) is 25.0 Å². The van der Waals surface area contributed by atoms with E-state index in [1.54, 1.807) is 4.90 Å². The average Bonchev–Trinajstić information content (AvgIpc) is 3.62.